The molecule has 0 heterocycles. The number of methoxy groups -OCH3 is 1. The van der Waals surface area contributed by atoms with Crippen LogP contribution < -0.4 is 0 Å². The Balaban J connectivity index is 3.53. The molecule has 0 aromatic heterocycles. The number of nitriles is 1. The third kappa shape index (κ3) is 2.74. The van der Waals surface area contributed by atoms with Gasteiger partial charge in [-0.3, -0.25) is 0 Å². The summed E-state index contributed by atoms with van der Waals surface area (Å²) in [7, 11) is 1.09. The van der Waals surface area contributed by atoms with Gasteiger partial charge in [0, 0.05) is 5.88 Å². The van der Waals surface area contributed by atoms with Crippen molar-refractivity contribution in [1.29, 1.82) is 5.26 Å². The number of hydrogen-bond acceptors (Lipinski definition) is 3. The largest absolute Gasteiger partial charge is 0.465 e. The van der Waals surface area contributed by atoms with Gasteiger partial charge in [-0.05, 0) is 17.7 Å². The molecule has 0 radical (unpaired) electrons. The highest BCUT2D eigenvalue weighted by Gasteiger charge is 2.35. The molecule has 1 rings (SSSR count). The number of carbonyl (C=O) groups excluding carboxylic acids is 1. The minimum Gasteiger partial charge on any atom is -0.465 e. The SMILES string of the molecule is COC(=O)c1cc(C#N)c(C(F)(F)F)cc1CCl. The molecule has 96 valence electrons. The Morgan fingerprint density at radius 1 is 1.50 bits per heavy atom. The fraction of sp³-hybridized carbons (Fsp3) is 0.273. The third-order valence-corrected chi connectivity index (χ3v) is 2.51. The lowest BCUT2D eigenvalue weighted by Crippen LogP contribution is -2.12. The van der Waals surface area contributed by atoms with E-state index in [0.29, 0.717) is 6.07 Å². The summed E-state index contributed by atoms with van der Waals surface area (Å²) in [5, 5.41) is 8.69. The Labute approximate surface area is 106 Å². The first kappa shape index (κ1) is 14.3. The fourth-order valence-corrected chi connectivity index (χ4v) is 1.60. The van der Waals surface area contributed by atoms with Crippen LogP contribution in [-0.2, 0) is 16.8 Å². The normalized spacial score (nSPS) is 10.9. The molecule has 7 heteroatoms. The molecule has 0 atom stereocenters. The molecule has 0 aliphatic carbocycles. The van der Waals surface area contributed by atoms with Crippen LogP contribution in [0.4, 0.5) is 13.2 Å². The first-order chi connectivity index (χ1) is 8.35. The molecule has 1 aromatic carbocycles. The second-order valence-electron chi connectivity index (χ2n) is 3.29. The minimum atomic E-state index is -4.68. The van der Waals surface area contributed by atoms with Crippen molar-refractivity contribution in [3.63, 3.8) is 0 Å². The van der Waals surface area contributed by atoms with Crippen molar-refractivity contribution >= 4 is 17.6 Å². The van der Waals surface area contributed by atoms with Crippen molar-refractivity contribution in [2.75, 3.05) is 7.11 Å². The predicted molar refractivity (Wildman–Crippen MR) is 57.1 cm³/mol. The van der Waals surface area contributed by atoms with Gasteiger partial charge in [0.05, 0.1) is 29.9 Å². The Bertz CT molecular complexity index is 520. The lowest BCUT2D eigenvalue weighted by atomic mass is 9.99. The van der Waals surface area contributed by atoms with Crippen molar-refractivity contribution in [3.05, 3.63) is 34.4 Å². The molecule has 0 saturated heterocycles. The number of ether oxygens (including phenoxy) is 1. The molecule has 0 saturated carbocycles. The first-order valence-electron chi connectivity index (χ1n) is 4.63. The molecular formula is C11H7ClF3NO2. The van der Waals surface area contributed by atoms with E-state index < -0.39 is 23.3 Å². The Hall–Kier alpha value is -1.74. The van der Waals surface area contributed by atoms with Crippen LogP contribution in [0, 0.1) is 11.3 Å². The molecule has 0 aliphatic rings. The Kier molecular flexibility index (Phi) is 4.19. The van der Waals surface area contributed by atoms with Crippen LogP contribution in [-0.4, -0.2) is 13.1 Å². The van der Waals surface area contributed by atoms with Crippen molar-refractivity contribution in [2.45, 2.75) is 12.1 Å². The van der Waals surface area contributed by atoms with Crippen LogP contribution >= 0.6 is 11.6 Å². The summed E-state index contributed by atoms with van der Waals surface area (Å²) >= 11 is 5.49. The van der Waals surface area contributed by atoms with E-state index in [0.717, 1.165) is 13.2 Å². The first-order valence-corrected chi connectivity index (χ1v) is 5.17. The number of benzene rings is 1. The summed E-state index contributed by atoms with van der Waals surface area (Å²) in [6, 6.07) is 2.93. The van der Waals surface area contributed by atoms with Crippen LogP contribution in [0.25, 0.3) is 0 Å². The van der Waals surface area contributed by atoms with Crippen LogP contribution in [0.5, 0.6) is 0 Å². The highest BCUT2D eigenvalue weighted by Crippen LogP contribution is 2.34. The van der Waals surface area contributed by atoms with Gasteiger partial charge in [-0.25, -0.2) is 4.79 Å². The molecule has 0 amide bonds. The van der Waals surface area contributed by atoms with Crippen molar-refractivity contribution in [2.24, 2.45) is 0 Å². The third-order valence-electron chi connectivity index (χ3n) is 2.22. The summed E-state index contributed by atoms with van der Waals surface area (Å²) in [6.45, 7) is 0. The fourth-order valence-electron chi connectivity index (χ4n) is 1.38. The van der Waals surface area contributed by atoms with Crippen molar-refractivity contribution in [1.82, 2.24) is 0 Å². The zero-order chi connectivity index (χ0) is 13.9. The van der Waals surface area contributed by atoms with E-state index in [1.54, 1.807) is 0 Å². The summed E-state index contributed by atoms with van der Waals surface area (Å²) in [4.78, 5) is 11.4. The summed E-state index contributed by atoms with van der Waals surface area (Å²) in [5.74, 6) is -1.13. The van der Waals surface area contributed by atoms with E-state index in [1.165, 1.54) is 6.07 Å². The van der Waals surface area contributed by atoms with Gasteiger partial charge in [-0.15, -0.1) is 11.6 Å². The molecule has 0 spiro atoms. The van der Waals surface area contributed by atoms with E-state index in [4.69, 9.17) is 16.9 Å². The number of rotatable bonds is 2. The minimum absolute atomic E-state index is 0.0326. The average Bonchev–Trinajstić information content (AvgIpc) is 2.34. The number of esters is 1. The van der Waals surface area contributed by atoms with Gasteiger partial charge in [-0.1, -0.05) is 0 Å². The highest BCUT2D eigenvalue weighted by molar-refractivity contribution is 6.17. The van der Waals surface area contributed by atoms with E-state index in [-0.39, 0.29) is 17.0 Å². The summed E-state index contributed by atoms with van der Waals surface area (Å²) in [6.07, 6.45) is -4.68. The Morgan fingerprint density at radius 3 is 2.50 bits per heavy atom. The van der Waals surface area contributed by atoms with Gasteiger partial charge in [0.2, 0.25) is 0 Å². The smallest absolute Gasteiger partial charge is 0.417 e. The molecule has 0 fully saturated rings. The predicted octanol–water partition coefficient (Wildman–Crippen LogP) is 3.10. The van der Waals surface area contributed by atoms with Gasteiger partial charge in [0.25, 0.3) is 0 Å². The molecule has 0 aliphatic heterocycles. The van der Waals surface area contributed by atoms with Crippen LogP contribution in [0.15, 0.2) is 12.1 Å². The topological polar surface area (TPSA) is 50.1 Å². The van der Waals surface area contributed by atoms with Gasteiger partial charge in [0.15, 0.2) is 0 Å². The molecule has 1 aromatic rings. The number of nitrogens with zero attached hydrogens (tertiary/aromatic N) is 1. The van der Waals surface area contributed by atoms with Crippen LogP contribution in [0.1, 0.15) is 27.0 Å². The zero-order valence-corrected chi connectivity index (χ0v) is 9.89. The number of alkyl halides is 4. The second-order valence-corrected chi connectivity index (χ2v) is 3.56. The second kappa shape index (κ2) is 5.27. The number of carbonyl (C=O) groups is 1. The van der Waals surface area contributed by atoms with Gasteiger partial charge in [-0.2, -0.15) is 18.4 Å². The van der Waals surface area contributed by atoms with E-state index >= 15 is 0 Å². The lowest BCUT2D eigenvalue weighted by Gasteiger charge is -2.12. The van der Waals surface area contributed by atoms with Gasteiger partial charge >= 0.3 is 12.1 Å². The molecule has 0 unspecified atom stereocenters. The monoisotopic (exact) mass is 277 g/mol. The van der Waals surface area contributed by atoms with Crippen molar-refractivity contribution in [3.8, 4) is 6.07 Å². The van der Waals surface area contributed by atoms with Crippen LogP contribution in [0.2, 0.25) is 0 Å². The molecule has 3 nitrogen and oxygen atoms in total. The van der Waals surface area contributed by atoms with Gasteiger partial charge < -0.3 is 4.74 Å². The maximum Gasteiger partial charge on any atom is 0.417 e. The van der Waals surface area contributed by atoms with Crippen molar-refractivity contribution < 1.29 is 22.7 Å². The lowest BCUT2D eigenvalue weighted by molar-refractivity contribution is -0.137. The maximum atomic E-state index is 12.7. The standard InChI is InChI=1S/C11H7ClF3NO2/c1-18-10(17)8-2-7(5-16)9(11(13,14)15)3-6(8)4-12/h2-3H,4H2,1H3. The molecular weight excluding hydrogens is 271 g/mol. The zero-order valence-electron chi connectivity index (χ0n) is 9.14. The average molecular weight is 278 g/mol. The molecule has 0 bridgehead atoms. The number of hydrogen-bond donors (Lipinski definition) is 0. The van der Waals surface area contributed by atoms with Gasteiger partial charge in [0.1, 0.15) is 0 Å². The molecule has 0 N–H and O–H groups in total. The van der Waals surface area contributed by atoms with Crippen LogP contribution in [0.3, 0.4) is 0 Å². The van der Waals surface area contributed by atoms with E-state index in [1.807, 2.05) is 0 Å². The summed E-state index contributed by atoms with van der Waals surface area (Å²) < 4.78 is 42.4. The summed E-state index contributed by atoms with van der Waals surface area (Å²) in [5.41, 5.74) is -1.93. The maximum absolute atomic E-state index is 12.7. The highest BCUT2D eigenvalue weighted by atomic mass is 35.5. The Morgan fingerprint density at radius 2 is 2.11 bits per heavy atom. The number of halogens is 4. The van der Waals surface area contributed by atoms with E-state index in [2.05, 4.69) is 4.74 Å². The molecule has 18 heavy (non-hydrogen) atoms. The van der Waals surface area contributed by atoms with E-state index in [9.17, 15) is 18.0 Å². The quantitative estimate of drug-likeness (QED) is 0.616.